The van der Waals surface area contributed by atoms with Crippen LogP contribution in [0.1, 0.15) is 37.7 Å². The summed E-state index contributed by atoms with van der Waals surface area (Å²) in [4.78, 5) is 26.7. The number of hydrogen-bond acceptors (Lipinski definition) is 2. The zero-order chi connectivity index (χ0) is 16.9. The van der Waals surface area contributed by atoms with E-state index in [-0.39, 0.29) is 17.8 Å². The van der Waals surface area contributed by atoms with E-state index >= 15 is 0 Å². The highest BCUT2D eigenvalue weighted by Crippen LogP contribution is 2.16. The van der Waals surface area contributed by atoms with Gasteiger partial charge in [-0.1, -0.05) is 18.6 Å². The van der Waals surface area contributed by atoms with E-state index in [0.29, 0.717) is 32.2 Å². The number of hydrogen-bond donors (Lipinski definition) is 2. The molecule has 1 saturated heterocycles. The number of urea groups is 1. The summed E-state index contributed by atoms with van der Waals surface area (Å²) in [7, 11) is 0. The Bertz CT molecular complexity index is 584. The number of halogens is 1. The smallest absolute Gasteiger partial charge is 0.324 e. The molecule has 130 valence electrons. The van der Waals surface area contributed by atoms with Gasteiger partial charge in [-0.2, -0.15) is 0 Å². The van der Waals surface area contributed by atoms with Gasteiger partial charge in [0.05, 0.1) is 6.04 Å². The largest absolute Gasteiger partial charge is 0.336 e. The fraction of sp³-hybridized carbons (Fsp3) is 0.556. The number of nitrogens with one attached hydrogen (secondary N) is 2. The number of quaternary nitrogens is 1. The summed E-state index contributed by atoms with van der Waals surface area (Å²) < 4.78 is 13.1. The molecule has 2 fully saturated rings. The average Bonchev–Trinajstić information content (AvgIpc) is 3.03. The van der Waals surface area contributed by atoms with Crippen molar-refractivity contribution in [3.63, 3.8) is 0 Å². The molecule has 2 aliphatic rings. The molecule has 1 aromatic carbocycles. The maximum atomic E-state index is 13.1. The molecule has 6 heteroatoms. The number of nitrogens with zero attached hydrogens (tertiary/aromatic N) is 1. The number of amides is 3. The molecule has 1 unspecified atom stereocenters. The molecule has 3 amide bonds. The van der Waals surface area contributed by atoms with E-state index in [1.165, 1.54) is 41.2 Å². The van der Waals surface area contributed by atoms with Crippen LogP contribution >= 0.6 is 0 Å². The third-order valence-electron chi connectivity index (χ3n) is 5.06. The molecule has 1 aliphatic heterocycles. The SMILES string of the molecule is O=C(C[NH+](Cc1ccc(F)cc1)C1CCCCC1)N1CCNC1=O. The lowest BCUT2D eigenvalue weighted by atomic mass is 9.93. The highest BCUT2D eigenvalue weighted by molar-refractivity contribution is 5.96. The average molecular weight is 334 g/mol. The van der Waals surface area contributed by atoms with Gasteiger partial charge in [0.25, 0.3) is 5.91 Å². The summed E-state index contributed by atoms with van der Waals surface area (Å²) in [5.41, 5.74) is 1.02. The van der Waals surface area contributed by atoms with E-state index in [1.807, 2.05) is 0 Å². The monoisotopic (exact) mass is 334 g/mol. The number of carbonyl (C=O) groups excluding carboxylic acids is 2. The van der Waals surface area contributed by atoms with Crippen molar-refractivity contribution in [2.75, 3.05) is 19.6 Å². The molecule has 0 aromatic heterocycles. The van der Waals surface area contributed by atoms with Crippen molar-refractivity contribution in [2.24, 2.45) is 0 Å². The topological polar surface area (TPSA) is 53.9 Å². The Labute approximate surface area is 141 Å². The predicted octanol–water partition coefficient (Wildman–Crippen LogP) is 1.10. The highest BCUT2D eigenvalue weighted by atomic mass is 19.1. The predicted molar refractivity (Wildman–Crippen MR) is 87.9 cm³/mol. The molecule has 3 rings (SSSR count). The van der Waals surface area contributed by atoms with Crippen LogP contribution < -0.4 is 10.2 Å². The van der Waals surface area contributed by atoms with Crippen LogP contribution in [0.15, 0.2) is 24.3 Å². The molecule has 1 aromatic rings. The first-order valence-corrected chi connectivity index (χ1v) is 8.80. The third-order valence-corrected chi connectivity index (χ3v) is 5.06. The molecule has 0 bridgehead atoms. The van der Waals surface area contributed by atoms with E-state index in [2.05, 4.69) is 5.32 Å². The van der Waals surface area contributed by atoms with Gasteiger partial charge in [0, 0.05) is 18.7 Å². The molecule has 0 radical (unpaired) electrons. The van der Waals surface area contributed by atoms with Crippen LogP contribution in [-0.2, 0) is 11.3 Å². The lowest BCUT2D eigenvalue weighted by molar-refractivity contribution is -0.932. The summed E-state index contributed by atoms with van der Waals surface area (Å²) in [5, 5.41) is 2.67. The molecule has 24 heavy (non-hydrogen) atoms. The summed E-state index contributed by atoms with van der Waals surface area (Å²) in [6, 6.07) is 6.63. The van der Waals surface area contributed by atoms with Crippen LogP contribution in [0.5, 0.6) is 0 Å². The van der Waals surface area contributed by atoms with Crippen molar-refractivity contribution < 1.29 is 18.9 Å². The lowest BCUT2D eigenvalue weighted by Gasteiger charge is -2.31. The summed E-state index contributed by atoms with van der Waals surface area (Å²) in [6.45, 7) is 1.98. The summed E-state index contributed by atoms with van der Waals surface area (Å²) >= 11 is 0. The maximum absolute atomic E-state index is 13.1. The van der Waals surface area contributed by atoms with Crippen LogP contribution in [-0.4, -0.2) is 42.5 Å². The van der Waals surface area contributed by atoms with Gasteiger partial charge in [-0.3, -0.25) is 9.69 Å². The Hall–Kier alpha value is -1.95. The van der Waals surface area contributed by atoms with E-state index < -0.39 is 0 Å². The Kier molecular flexibility index (Phi) is 5.45. The minimum absolute atomic E-state index is 0.118. The Balaban J connectivity index is 1.70. The Morgan fingerprint density at radius 2 is 1.92 bits per heavy atom. The zero-order valence-electron chi connectivity index (χ0n) is 13.9. The van der Waals surface area contributed by atoms with E-state index in [1.54, 1.807) is 12.1 Å². The minimum Gasteiger partial charge on any atom is -0.336 e. The van der Waals surface area contributed by atoms with Crippen LogP contribution in [0, 0.1) is 5.82 Å². The minimum atomic E-state index is -0.287. The van der Waals surface area contributed by atoms with Crippen molar-refractivity contribution in [3.8, 4) is 0 Å². The van der Waals surface area contributed by atoms with Crippen molar-refractivity contribution >= 4 is 11.9 Å². The summed E-state index contributed by atoms with van der Waals surface area (Å²) in [6.07, 6.45) is 5.85. The Morgan fingerprint density at radius 3 is 2.54 bits per heavy atom. The Morgan fingerprint density at radius 1 is 1.21 bits per heavy atom. The van der Waals surface area contributed by atoms with Crippen molar-refractivity contribution in [2.45, 2.75) is 44.7 Å². The normalized spacial score (nSPS) is 20.0. The van der Waals surface area contributed by atoms with Gasteiger partial charge in [-0.05, 0) is 37.8 Å². The molecule has 0 spiro atoms. The molecule has 1 saturated carbocycles. The molecule has 5 nitrogen and oxygen atoms in total. The van der Waals surface area contributed by atoms with Gasteiger partial charge in [0.1, 0.15) is 12.4 Å². The first kappa shape index (κ1) is 16.9. The van der Waals surface area contributed by atoms with E-state index in [4.69, 9.17) is 0 Å². The van der Waals surface area contributed by atoms with E-state index in [9.17, 15) is 14.0 Å². The first-order valence-electron chi connectivity index (χ1n) is 8.80. The number of carbonyl (C=O) groups is 2. The fourth-order valence-corrected chi connectivity index (χ4v) is 3.73. The van der Waals surface area contributed by atoms with Gasteiger partial charge in [0.2, 0.25) is 0 Å². The number of rotatable bonds is 5. The van der Waals surface area contributed by atoms with Gasteiger partial charge < -0.3 is 10.2 Å². The van der Waals surface area contributed by atoms with Gasteiger partial charge >= 0.3 is 6.03 Å². The second-order valence-corrected chi connectivity index (χ2v) is 6.75. The standard InChI is InChI=1S/C18H24FN3O2/c19-15-8-6-14(7-9-15)12-21(16-4-2-1-3-5-16)13-17(23)22-11-10-20-18(22)24/h6-9,16H,1-5,10-13H2,(H,20,24)/p+1. The molecule has 1 atom stereocenters. The number of imide groups is 1. The lowest BCUT2D eigenvalue weighted by Crippen LogP contribution is -3.15. The van der Waals surface area contributed by atoms with Crippen molar-refractivity contribution in [3.05, 3.63) is 35.6 Å². The molecule has 2 N–H and O–H groups in total. The zero-order valence-corrected chi connectivity index (χ0v) is 13.9. The second-order valence-electron chi connectivity index (χ2n) is 6.75. The highest BCUT2D eigenvalue weighted by Gasteiger charge is 2.32. The quantitative estimate of drug-likeness (QED) is 0.847. The first-order chi connectivity index (χ1) is 11.6. The molecular formula is C18H25FN3O2+. The van der Waals surface area contributed by atoms with E-state index in [0.717, 1.165) is 18.4 Å². The van der Waals surface area contributed by atoms with Gasteiger partial charge in [-0.15, -0.1) is 0 Å². The van der Waals surface area contributed by atoms with Gasteiger partial charge in [0.15, 0.2) is 6.54 Å². The van der Waals surface area contributed by atoms with Crippen LogP contribution in [0.2, 0.25) is 0 Å². The molecule has 1 aliphatic carbocycles. The summed E-state index contributed by atoms with van der Waals surface area (Å²) in [5.74, 6) is -0.365. The third kappa shape index (κ3) is 4.12. The maximum Gasteiger partial charge on any atom is 0.324 e. The molecule has 1 heterocycles. The van der Waals surface area contributed by atoms with Crippen LogP contribution in [0.4, 0.5) is 9.18 Å². The second kappa shape index (κ2) is 7.75. The molecular weight excluding hydrogens is 309 g/mol. The van der Waals surface area contributed by atoms with Crippen molar-refractivity contribution in [1.29, 1.82) is 0 Å². The van der Waals surface area contributed by atoms with Crippen LogP contribution in [0.25, 0.3) is 0 Å². The van der Waals surface area contributed by atoms with Crippen LogP contribution in [0.3, 0.4) is 0 Å². The van der Waals surface area contributed by atoms with Gasteiger partial charge in [-0.25, -0.2) is 9.18 Å². The fourth-order valence-electron chi connectivity index (χ4n) is 3.73. The van der Waals surface area contributed by atoms with Crippen molar-refractivity contribution in [1.82, 2.24) is 10.2 Å². The number of benzene rings is 1.